The van der Waals surface area contributed by atoms with Crippen molar-refractivity contribution in [2.45, 2.75) is 32.3 Å². The van der Waals surface area contributed by atoms with Crippen LogP contribution in [0, 0.1) is 11.3 Å². The third-order valence-corrected chi connectivity index (χ3v) is 4.47. The molecule has 1 aromatic heterocycles. The van der Waals surface area contributed by atoms with Crippen LogP contribution in [0.25, 0.3) is 0 Å². The van der Waals surface area contributed by atoms with Gasteiger partial charge in [0.1, 0.15) is 12.2 Å². The summed E-state index contributed by atoms with van der Waals surface area (Å²) in [6, 6.07) is 12.2. The van der Waals surface area contributed by atoms with Crippen LogP contribution in [0.5, 0.6) is 5.88 Å². The van der Waals surface area contributed by atoms with Crippen LogP contribution in [-0.4, -0.2) is 30.4 Å². The van der Waals surface area contributed by atoms with Gasteiger partial charge in [0, 0.05) is 30.9 Å². The molecule has 0 amide bonds. The molecule has 1 aliphatic heterocycles. The van der Waals surface area contributed by atoms with Gasteiger partial charge in [0.2, 0.25) is 5.88 Å². The Labute approximate surface area is 148 Å². The number of aliphatic imine (C=N–C) groups is 1. The molecule has 25 heavy (non-hydrogen) atoms. The molecule has 1 saturated heterocycles. The quantitative estimate of drug-likeness (QED) is 0.849. The summed E-state index contributed by atoms with van der Waals surface area (Å²) in [6.07, 6.45) is 4.50. The molecule has 0 aliphatic carbocycles. The second-order valence-electron chi connectivity index (χ2n) is 6.12. The van der Waals surface area contributed by atoms with Crippen LogP contribution in [0.15, 0.2) is 41.5 Å². The number of ether oxygens (including phenoxy) is 1. The first kappa shape index (κ1) is 17.1. The Kier molecular flexibility index (Phi) is 5.42. The van der Waals surface area contributed by atoms with Gasteiger partial charge in [-0.2, -0.15) is 5.26 Å². The van der Waals surface area contributed by atoms with Crippen molar-refractivity contribution < 1.29 is 4.74 Å². The fourth-order valence-corrected chi connectivity index (χ4v) is 3.14. The number of para-hydroxylation sites is 1. The van der Waals surface area contributed by atoms with E-state index in [-0.39, 0.29) is 12.0 Å². The summed E-state index contributed by atoms with van der Waals surface area (Å²) in [5, 5.41) is 12.8. The topological polar surface area (TPSA) is 70.3 Å². The fourth-order valence-electron chi connectivity index (χ4n) is 3.14. The summed E-state index contributed by atoms with van der Waals surface area (Å²) >= 11 is 0. The Morgan fingerprint density at radius 2 is 2.24 bits per heavy atom. The molecule has 0 saturated carbocycles. The van der Waals surface area contributed by atoms with Gasteiger partial charge in [-0.25, -0.2) is 4.98 Å². The van der Waals surface area contributed by atoms with E-state index in [2.05, 4.69) is 34.4 Å². The number of benzene rings is 1. The number of nitriles is 1. The van der Waals surface area contributed by atoms with Gasteiger partial charge < -0.3 is 10.1 Å². The van der Waals surface area contributed by atoms with Crippen LogP contribution >= 0.6 is 0 Å². The standard InChI is InChI=1S/C20H22N4O/c1-3-23-19-7-5-4-6-17(19)14(2)18-10-20(24-12-15(18)11-21)25-16-8-9-22-13-16/h3-7,10,12,14,16,22H,8-9,13H2,1-2H3/b23-3-. The van der Waals surface area contributed by atoms with Crippen molar-refractivity contribution in [3.63, 3.8) is 0 Å². The highest BCUT2D eigenvalue weighted by molar-refractivity contribution is 5.64. The molecule has 0 radical (unpaired) electrons. The van der Waals surface area contributed by atoms with E-state index in [4.69, 9.17) is 4.74 Å². The summed E-state index contributed by atoms with van der Waals surface area (Å²) in [5.41, 5.74) is 3.48. The Bertz CT molecular complexity index is 804. The number of aromatic nitrogens is 1. The molecule has 1 aromatic carbocycles. The first-order valence-corrected chi connectivity index (χ1v) is 8.58. The molecular formula is C20H22N4O. The predicted octanol–water partition coefficient (Wildman–Crippen LogP) is 3.57. The van der Waals surface area contributed by atoms with Gasteiger partial charge in [-0.15, -0.1) is 0 Å². The summed E-state index contributed by atoms with van der Waals surface area (Å²) in [4.78, 5) is 8.76. The third kappa shape index (κ3) is 3.86. The van der Waals surface area contributed by atoms with Gasteiger partial charge in [-0.1, -0.05) is 25.1 Å². The summed E-state index contributed by atoms with van der Waals surface area (Å²) in [5.74, 6) is 0.590. The van der Waals surface area contributed by atoms with Crippen LogP contribution in [0.3, 0.4) is 0 Å². The van der Waals surface area contributed by atoms with E-state index >= 15 is 0 Å². The van der Waals surface area contributed by atoms with Gasteiger partial charge in [-0.05, 0) is 37.1 Å². The zero-order chi connectivity index (χ0) is 17.6. The summed E-state index contributed by atoms with van der Waals surface area (Å²) < 4.78 is 5.97. The molecule has 5 heteroatoms. The number of nitrogens with zero attached hydrogens (tertiary/aromatic N) is 3. The highest BCUT2D eigenvalue weighted by atomic mass is 16.5. The van der Waals surface area contributed by atoms with Crippen molar-refractivity contribution in [1.82, 2.24) is 10.3 Å². The molecule has 2 atom stereocenters. The lowest BCUT2D eigenvalue weighted by Gasteiger charge is -2.18. The fraction of sp³-hybridized carbons (Fsp3) is 0.350. The van der Waals surface area contributed by atoms with E-state index in [1.165, 1.54) is 0 Å². The van der Waals surface area contributed by atoms with Crippen molar-refractivity contribution >= 4 is 11.9 Å². The van der Waals surface area contributed by atoms with E-state index in [1.807, 2.05) is 31.2 Å². The maximum absolute atomic E-state index is 9.49. The SMILES string of the molecule is C/C=N\c1ccccc1C(C)c1cc(OC2CCNC2)ncc1C#N. The highest BCUT2D eigenvalue weighted by Gasteiger charge is 2.20. The number of nitrogens with one attached hydrogen (secondary N) is 1. The average Bonchev–Trinajstić information content (AvgIpc) is 3.15. The Hall–Kier alpha value is -2.71. The Balaban J connectivity index is 1.95. The zero-order valence-electron chi connectivity index (χ0n) is 14.6. The number of pyridine rings is 1. The largest absolute Gasteiger partial charge is 0.473 e. The lowest BCUT2D eigenvalue weighted by Crippen LogP contribution is -2.20. The summed E-state index contributed by atoms with van der Waals surface area (Å²) in [7, 11) is 0. The van der Waals surface area contributed by atoms with Gasteiger partial charge >= 0.3 is 0 Å². The van der Waals surface area contributed by atoms with Crippen LogP contribution < -0.4 is 10.1 Å². The van der Waals surface area contributed by atoms with Crippen LogP contribution in [-0.2, 0) is 0 Å². The first-order valence-electron chi connectivity index (χ1n) is 8.58. The average molecular weight is 334 g/mol. The molecule has 5 nitrogen and oxygen atoms in total. The van der Waals surface area contributed by atoms with Crippen LogP contribution in [0.2, 0.25) is 0 Å². The molecule has 1 fully saturated rings. The van der Waals surface area contributed by atoms with Crippen LogP contribution in [0.4, 0.5) is 5.69 Å². The molecule has 2 aromatic rings. The maximum atomic E-state index is 9.49. The minimum absolute atomic E-state index is 0.0154. The Morgan fingerprint density at radius 3 is 2.96 bits per heavy atom. The van der Waals surface area contributed by atoms with Crippen molar-refractivity contribution in [2.75, 3.05) is 13.1 Å². The lowest BCUT2D eigenvalue weighted by molar-refractivity contribution is 0.214. The number of hydrogen-bond acceptors (Lipinski definition) is 5. The molecule has 1 aliphatic rings. The summed E-state index contributed by atoms with van der Waals surface area (Å²) in [6.45, 7) is 5.78. The minimum Gasteiger partial charge on any atom is -0.473 e. The number of rotatable bonds is 5. The highest BCUT2D eigenvalue weighted by Crippen LogP contribution is 2.34. The molecule has 2 unspecified atom stereocenters. The lowest BCUT2D eigenvalue weighted by atomic mass is 9.90. The van der Waals surface area contributed by atoms with E-state index in [0.717, 1.165) is 36.3 Å². The molecule has 1 N–H and O–H groups in total. The van der Waals surface area contributed by atoms with E-state index < -0.39 is 0 Å². The molecule has 128 valence electrons. The smallest absolute Gasteiger partial charge is 0.213 e. The van der Waals surface area contributed by atoms with Gasteiger partial charge in [0.05, 0.1) is 11.3 Å². The number of hydrogen-bond donors (Lipinski definition) is 1. The van der Waals surface area contributed by atoms with E-state index in [0.29, 0.717) is 11.4 Å². The first-order chi connectivity index (χ1) is 12.2. The normalized spacial score (nSPS) is 18.2. The molecule has 2 heterocycles. The minimum atomic E-state index is 0.0154. The van der Waals surface area contributed by atoms with Crippen molar-refractivity contribution in [1.29, 1.82) is 5.26 Å². The maximum Gasteiger partial charge on any atom is 0.213 e. The molecule has 0 spiro atoms. The van der Waals surface area contributed by atoms with Gasteiger partial charge in [-0.3, -0.25) is 4.99 Å². The third-order valence-electron chi connectivity index (χ3n) is 4.47. The van der Waals surface area contributed by atoms with Crippen molar-refractivity contribution in [2.24, 2.45) is 4.99 Å². The van der Waals surface area contributed by atoms with Crippen molar-refractivity contribution in [3.8, 4) is 11.9 Å². The molecule has 0 bridgehead atoms. The van der Waals surface area contributed by atoms with E-state index in [1.54, 1.807) is 12.4 Å². The van der Waals surface area contributed by atoms with E-state index in [9.17, 15) is 5.26 Å². The second-order valence-corrected chi connectivity index (χ2v) is 6.12. The predicted molar refractivity (Wildman–Crippen MR) is 98.6 cm³/mol. The molecule has 3 rings (SSSR count). The van der Waals surface area contributed by atoms with Crippen LogP contribution in [0.1, 0.15) is 42.9 Å². The van der Waals surface area contributed by atoms with Crippen molar-refractivity contribution in [3.05, 3.63) is 53.2 Å². The second kappa shape index (κ2) is 7.91. The van der Waals surface area contributed by atoms with Gasteiger partial charge in [0.15, 0.2) is 0 Å². The zero-order valence-corrected chi connectivity index (χ0v) is 14.6. The Morgan fingerprint density at radius 1 is 1.40 bits per heavy atom. The monoisotopic (exact) mass is 334 g/mol. The van der Waals surface area contributed by atoms with Gasteiger partial charge in [0.25, 0.3) is 0 Å². The molecular weight excluding hydrogens is 312 g/mol.